The first-order valence-corrected chi connectivity index (χ1v) is 7.02. The third kappa shape index (κ3) is 2.84. The molecule has 3 atom stereocenters. The van der Waals surface area contributed by atoms with Crippen LogP contribution in [0.3, 0.4) is 0 Å². The van der Waals surface area contributed by atoms with Crippen molar-refractivity contribution in [3.05, 3.63) is 0 Å². The van der Waals surface area contributed by atoms with E-state index in [1.807, 2.05) is 0 Å². The second-order valence-corrected chi connectivity index (χ2v) is 6.87. The molecule has 2 bridgehead atoms. The van der Waals surface area contributed by atoms with E-state index in [-0.39, 0.29) is 17.7 Å². The molecule has 2 aliphatic heterocycles. The minimum atomic E-state index is -0.937. The average molecular weight is 302 g/mol. The summed E-state index contributed by atoms with van der Waals surface area (Å²) in [4.78, 5) is 4.38. The van der Waals surface area contributed by atoms with Gasteiger partial charge in [-0.05, 0) is 27.1 Å². The fourth-order valence-corrected chi connectivity index (χ4v) is 3.29. The second kappa shape index (κ2) is 5.37. The van der Waals surface area contributed by atoms with Gasteiger partial charge in [-0.1, -0.05) is 23.2 Å². The summed E-state index contributed by atoms with van der Waals surface area (Å²) >= 11 is 18.9. The molecule has 7 heteroatoms. The van der Waals surface area contributed by atoms with Crippen molar-refractivity contribution in [3.63, 3.8) is 0 Å². The average Bonchev–Trinajstić information content (AvgIpc) is 2.43. The third-order valence-corrected chi connectivity index (χ3v) is 5.00. The molecular formula is C10H19Cl3N4. The van der Waals surface area contributed by atoms with Crippen LogP contribution in [-0.4, -0.2) is 65.7 Å². The largest absolute Gasteiger partial charge is 0.309 e. The normalized spacial score (nSPS) is 36.7. The van der Waals surface area contributed by atoms with Gasteiger partial charge in [0.2, 0.25) is 0 Å². The van der Waals surface area contributed by atoms with E-state index in [9.17, 15) is 0 Å². The van der Waals surface area contributed by atoms with E-state index in [0.29, 0.717) is 0 Å². The Bertz CT molecular complexity index is 274. The Labute approximate surface area is 118 Å². The molecule has 0 aromatic carbocycles. The zero-order chi connectivity index (χ0) is 12.6. The van der Waals surface area contributed by atoms with Crippen molar-refractivity contribution in [2.24, 2.45) is 0 Å². The highest BCUT2D eigenvalue weighted by molar-refractivity contribution is 6.53. The number of nitrogens with zero attached hydrogens (tertiary/aromatic N) is 2. The Kier molecular flexibility index (Phi) is 4.46. The molecule has 2 heterocycles. The van der Waals surface area contributed by atoms with Gasteiger partial charge < -0.3 is 4.90 Å². The number of hydrogen-bond acceptors (Lipinski definition) is 4. The maximum Gasteiger partial charge on any atom is 0.165 e. The van der Waals surface area contributed by atoms with Crippen LogP contribution in [0.5, 0.6) is 0 Å². The molecule has 0 amide bonds. The molecule has 2 saturated heterocycles. The Morgan fingerprint density at radius 2 is 2.12 bits per heavy atom. The van der Waals surface area contributed by atoms with Crippen molar-refractivity contribution in [2.75, 3.05) is 33.9 Å². The lowest BCUT2D eigenvalue weighted by Crippen LogP contribution is -2.61. The Morgan fingerprint density at radius 3 is 2.76 bits per heavy atom. The summed E-state index contributed by atoms with van der Waals surface area (Å²) in [6, 6.07) is 0. The molecule has 17 heavy (non-hydrogen) atoms. The zero-order valence-corrected chi connectivity index (χ0v) is 12.4. The fourth-order valence-electron chi connectivity index (χ4n) is 2.35. The van der Waals surface area contributed by atoms with Crippen molar-refractivity contribution >= 4 is 34.8 Å². The summed E-state index contributed by atoms with van der Waals surface area (Å²) in [6.45, 7) is 2.77. The van der Waals surface area contributed by atoms with Gasteiger partial charge in [0.1, 0.15) is 0 Å². The van der Waals surface area contributed by atoms with Crippen LogP contribution in [0, 0.1) is 0 Å². The van der Waals surface area contributed by atoms with Crippen LogP contribution >= 0.6 is 34.8 Å². The minimum Gasteiger partial charge on any atom is -0.309 e. The topological polar surface area (TPSA) is 30.5 Å². The molecule has 2 rings (SSSR count). The number of alkyl halides is 3. The van der Waals surface area contributed by atoms with Crippen molar-refractivity contribution in [2.45, 2.75) is 28.5 Å². The predicted octanol–water partition coefficient (Wildman–Crippen LogP) is 0.838. The van der Waals surface area contributed by atoms with Crippen molar-refractivity contribution < 1.29 is 0 Å². The van der Waals surface area contributed by atoms with E-state index < -0.39 is 4.33 Å². The van der Waals surface area contributed by atoms with Crippen molar-refractivity contribution in [1.29, 1.82) is 0 Å². The van der Waals surface area contributed by atoms with Gasteiger partial charge in [-0.15, -0.1) is 11.6 Å². The van der Waals surface area contributed by atoms with Crippen molar-refractivity contribution in [1.82, 2.24) is 20.4 Å². The molecule has 0 saturated carbocycles. The number of nitrogens with one attached hydrogen (secondary N) is 2. The van der Waals surface area contributed by atoms with E-state index in [1.54, 1.807) is 0 Å². The zero-order valence-electron chi connectivity index (χ0n) is 10.1. The molecule has 2 N–H and O–H groups in total. The summed E-state index contributed by atoms with van der Waals surface area (Å²) in [5.74, 6) is 0. The fraction of sp³-hybridized carbons (Fsp3) is 1.00. The number of hydrogen-bond donors (Lipinski definition) is 2. The van der Waals surface area contributed by atoms with Gasteiger partial charge in [0.25, 0.3) is 0 Å². The summed E-state index contributed by atoms with van der Waals surface area (Å²) in [5, 5.41) is 6.32. The van der Waals surface area contributed by atoms with Crippen LogP contribution < -0.4 is 10.6 Å². The quantitative estimate of drug-likeness (QED) is 0.753. The van der Waals surface area contributed by atoms with Gasteiger partial charge in [0.15, 0.2) is 4.33 Å². The number of fused-ring (bicyclic) bond motifs is 2. The molecule has 0 spiro atoms. The molecular weight excluding hydrogens is 282 g/mol. The highest BCUT2D eigenvalue weighted by Gasteiger charge is 2.56. The molecule has 4 nitrogen and oxygen atoms in total. The summed E-state index contributed by atoms with van der Waals surface area (Å²) in [6.07, 6.45) is 1.01. The van der Waals surface area contributed by atoms with Crippen LogP contribution in [-0.2, 0) is 0 Å². The second-order valence-electron chi connectivity index (χ2n) is 4.95. The highest BCUT2D eigenvalue weighted by atomic mass is 35.5. The van der Waals surface area contributed by atoms with E-state index in [2.05, 4.69) is 34.5 Å². The maximum absolute atomic E-state index is 6.33. The molecule has 0 aromatic rings. The summed E-state index contributed by atoms with van der Waals surface area (Å²) < 4.78 is -0.937. The monoisotopic (exact) mass is 300 g/mol. The van der Waals surface area contributed by atoms with Gasteiger partial charge in [-0.3, -0.25) is 15.5 Å². The van der Waals surface area contributed by atoms with Crippen LogP contribution in [0.1, 0.15) is 6.42 Å². The van der Waals surface area contributed by atoms with E-state index in [1.165, 1.54) is 0 Å². The molecule has 2 aliphatic rings. The Morgan fingerprint density at radius 1 is 1.41 bits per heavy atom. The van der Waals surface area contributed by atoms with Gasteiger partial charge in [0.05, 0.1) is 24.4 Å². The SMILES string of the molecule is CN(C)CCCN1CNC2NC1C(Cl)(Cl)[C@H]2Cl. The molecule has 2 fully saturated rings. The predicted molar refractivity (Wildman–Crippen MR) is 72.7 cm³/mol. The van der Waals surface area contributed by atoms with E-state index in [0.717, 1.165) is 26.2 Å². The van der Waals surface area contributed by atoms with Crippen LogP contribution in [0.15, 0.2) is 0 Å². The van der Waals surface area contributed by atoms with Gasteiger partial charge in [-0.25, -0.2) is 0 Å². The Hall–Kier alpha value is 0.710. The van der Waals surface area contributed by atoms with Crippen LogP contribution in [0.2, 0.25) is 0 Å². The van der Waals surface area contributed by atoms with Gasteiger partial charge >= 0.3 is 0 Å². The van der Waals surface area contributed by atoms with E-state index >= 15 is 0 Å². The van der Waals surface area contributed by atoms with Gasteiger partial charge in [0, 0.05) is 6.54 Å². The van der Waals surface area contributed by atoms with Crippen LogP contribution in [0.4, 0.5) is 0 Å². The van der Waals surface area contributed by atoms with Crippen LogP contribution in [0.25, 0.3) is 0 Å². The first kappa shape index (κ1) is 14.1. The molecule has 2 unspecified atom stereocenters. The van der Waals surface area contributed by atoms with E-state index in [4.69, 9.17) is 34.8 Å². The molecule has 100 valence electrons. The standard InChI is InChI=1S/C10H19Cl3N4/c1-16(2)4-3-5-17-6-14-8-7(11)10(12,13)9(17)15-8/h7-9,14-15H,3-6H2,1-2H3/t7-,8?,9?/m0/s1. The maximum atomic E-state index is 6.33. The molecule has 0 aromatic heterocycles. The third-order valence-electron chi connectivity index (χ3n) is 3.29. The summed E-state index contributed by atoms with van der Waals surface area (Å²) in [7, 11) is 4.14. The highest BCUT2D eigenvalue weighted by Crippen LogP contribution is 2.42. The minimum absolute atomic E-state index is 0.00163. The first-order valence-electron chi connectivity index (χ1n) is 5.83. The lowest BCUT2D eigenvalue weighted by molar-refractivity contribution is 0.114. The van der Waals surface area contributed by atoms with Gasteiger partial charge in [-0.2, -0.15) is 0 Å². The first-order chi connectivity index (χ1) is 7.93. The lowest BCUT2D eigenvalue weighted by Gasteiger charge is -2.37. The molecule has 0 aliphatic carbocycles. The smallest absolute Gasteiger partial charge is 0.165 e. The summed E-state index contributed by atoms with van der Waals surface area (Å²) in [5.41, 5.74) is 0. The Balaban J connectivity index is 1.92. The lowest BCUT2D eigenvalue weighted by atomic mass is 10.2. The number of rotatable bonds is 4. The van der Waals surface area contributed by atoms with Crippen molar-refractivity contribution in [3.8, 4) is 0 Å². The molecule has 0 radical (unpaired) electrons. The number of halogens is 3.